The number of hydrogen-bond donors (Lipinski definition) is 0. The zero-order valence-electron chi connectivity index (χ0n) is 12.7. The summed E-state index contributed by atoms with van der Waals surface area (Å²) in [5.74, 6) is 1.17. The summed E-state index contributed by atoms with van der Waals surface area (Å²) in [5.41, 5.74) is 2.76. The van der Waals surface area contributed by atoms with E-state index in [0.29, 0.717) is 22.2 Å². The number of rotatable bonds is 1. The highest BCUT2D eigenvalue weighted by molar-refractivity contribution is 7.99. The van der Waals surface area contributed by atoms with Gasteiger partial charge in [-0.15, -0.1) is 11.8 Å². The standard InChI is InChI=1S/C18H14Cl2N2OS/c19-14-6-5-12(10-15(14)20)22-17(23)9-11-7-8-24-16-4-2-1-3-13(16)18(11)21-22/h1-6,10-11H,7-9H2. The van der Waals surface area contributed by atoms with Gasteiger partial charge in [-0.3, -0.25) is 4.79 Å². The maximum Gasteiger partial charge on any atom is 0.248 e. The number of anilines is 1. The number of benzene rings is 2. The van der Waals surface area contributed by atoms with Crippen molar-refractivity contribution in [2.45, 2.75) is 17.7 Å². The monoisotopic (exact) mass is 376 g/mol. The Morgan fingerprint density at radius 1 is 1.12 bits per heavy atom. The van der Waals surface area contributed by atoms with E-state index in [1.807, 2.05) is 23.9 Å². The molecule has 122 valence electrons. The second-order valence-electron chi connectivity index (χ2n) is 5.82. The molecule has 0 spiro atoms. The molecule has 0 fully saturated rings. The van der Waals surface area contributed by atoms with E-state index in [1.165, 1.54) is 9.90 Å². The molecule has 0 N–H and O–H groups in total. The Hall–Kier alpha value is -1.49. The smallest absolute Gasteiger partial charge is 0.248 e. The lowest BCUT2D eigenvalue weighted by molar-refractivity contribution is -0.119. The maximum atomic E-state index is 12.6. The second-order valence-corrected chi connectivity index (χ2v) is 7.77. The van der Waals surface area contributed by atoms with Gasteiger partial charge in [0.25, 0.3) is 0 Å². The van der Waals surface area contributed by atoms with Gasteiger partial charge in [0, 0.05) is 22.8 Å². The van der Waals surface area contributed by atoms with Gasteiger partial charge in [-0.2, -0.15) is 5.10 Å². The molecule has 2 aromatic carbocycles. The first-order chi connectivity index (χ1) is 11.6. The molecule has 0 radical (unpaired) electrons. The molecular weight excluding hydrogens is 363 g/mol. The fraction of sp³-hybridized carbons (Fsp3) is 0.222. The van der Waals surface area contributed by atoms with Crippen LogP contribution in [0.3, 0.4) is 0 Å². The van der Waals surface area contributed by atoms with Gasteiger partial charge in [-0.25, -0.2) is 5.01 Å². The number of halogens is 2. The molecule has 0 aromatic heterocycles. The van der Waals surface area contributed by atoms with E-state index in [2.05, 4.69) is 12.1 Å². The normalized spacial score (nSPS) is 20.1. The van der Waals surface area contributed by atoms with Crippen molar-refractivity contribution in [1.82, 2.24) is 0 Å². The number of hydrazone groups is 1. The number of carbonyl (C=O) groups excluding carboxylic acids is 1. The third kappa shape index (κ3) is 2.83. The molecule has 2 aliphatic heterocycles. The lowest BCUT2D eigenvalue weighted by Crippen LogP contribution is -2.37. The molecule has 0 aliphatic carbocycles. The molecule has 3 nitrogen and oxygen atoms in total. The van der Waals surface area contributed by atoms with Crippen LogP contribution in [-0.2, 0) is 4.79 Å². The number of thioether (sulfide) groups is 1. The molecule has 2 aromatic rings. The minimum Gasteiger partial charge on any atom is -0.273 e. The highest BCUT2D eigenvalue weighted by Crippen LogP contribution is 2.37. The Morgan fingerprint density at radius 2 is 1.96 bits per heavy atom. The van der Waals surface area contributed by atoms with Crippen LogP contribution in [0.15, 0.2) is 52.5 Å². The van der Waals surface area contributed by atoms with Crippen molar-refractivity contribution in [2.75, 3.05) is 10.8 Å². The predicted molar refractivity (Wildman–Crippen MR) is 100 cm³/mol. The Balaban J connectivity index is 1.82. The quantitative estimate of drug-likeness (QED) is 0.680. The first-order valence-electron chi connectivity index (χ1n) is 7.72. The van der Waals surface area contributed by atoms with Crippen LogP contribution in [0, 0.1) is 5.92 Å². The van der Waals surface area contributed by atoms with E-state index in [-0.39, 0.29) is 11.8 Å². The van der Waals surface area contributed by atoms with Gasteiger partial charge < -0.3 is 0 Å². The summed E-state index contributed by atoms with van der Waals surface area (Å²) in [5, 5.41) is 7.05. The lowest BCUT2D eigenvalue weighted by atomic mass is 9.90. The molecule has 1 atom stereocenters. The third-order valence-corrected chi connectivity index (χ3v) is 6.13. The Bertz CT molecular complexity index is 853. The Kier molecular flexibility index (Phi) is 4.29. The summed E-state index contributed by atoms with van der Waals surface area (Å²) in [4.78, 5) is 13.8. The van der Waals surface area contributed by atoms with Gasteiger partial charge in [0.2, 0.25) is 5.91 Å². The molecule has 24 heavy (non-hydrogen) atoms. The predicted octanol–water partition coefficient (Wildman–Crippen LogP) is 5.25. The third-order valence-electron chi connectivity index (χ3n) is 4.29. The number of fused-ring (bicyclic) bond motifs is 3. The van der Waals surface area contributed by atoms with Gasteiger partial charge in [-0.05, 0) is 36.4 Å². The van der Waals surface area contributed by atoms with Crippen molar-refractivity contribution in [3.05, 3.63) is 58.1 Å². The average molecular weight is 377 g/mol. The van der Waals surface area contributed by atoms with Gasteiger partial charge >= 0.3 is 0 Å². The largest absolute Gasteiger partial charge is 0.273 e. The van der Waals surface area contributed by atoms with Crippen LogP contribution in [0.2, 0.25) is 10.0 Å². The van der Waals surface area contributed by atoms with Crippen LogP contribution in [0.25, 0.3) is 0 Å². The van der Waals surface area contributed by atoms with E-state index >= 15 is 0 Å². The summed E-state index contributed by atoms with van der Waals surface area (Å²) >= 11 is 13.9. The minimum atomic E-state index is -0.00785. The van der Waals surface area contributed by atoms with Crippen molar-refractivity contribution in [1.29, 1.82) is 0 Å². The molecule has 6 heteroatoms. The second kappa shape index (κ2) is 6.43. The van der Waals surface area contributed by atoms with Gasteiger partial charge in [0.1, 0.15) is 0 Å². The minimum absolute atomic E-state index is 0.00785. The molecule has 0 bridgehead atoms. The van der Waals surface area contributed by atoms with E-state index in [0.717, 1.165) is 23.4 Å². The van der Waals surface area contributed by atoms with Crippen LogP contribution in [0.4, 0.5) is 5.69 Å². The van der Waals surface area contributed by atoms with Crippen molar-refractivity contribution >= 4 is 52.3 Å². The summed E-state index contributed by atoms with van der Waals surface area (Å²) < 4.78 is 0. The highest BCUT2D eigenvalue weighted by atomic mass is 35.5. The number of amides is 1. The van der Waals surface area contributed by atoms with E-state index in [4.69, 9.17) is 28.3 Å². The lowest BCUT2D eigenvalue weighted by Gasteiger charge is -2.29. The van der Waals surface area contributed by atoms with E-state index in [9.17, 15) is 4.79 Å². The molecular formula is C18H14Cl2N2OS. The Morgan fingerprint density at radius 3 is 2.79 bits per heavy atom. The van der Waals surface area contributed by atoms with E-state index < -0.39 is 0 Å². The van der Waals surface area contributed by atoms with Gasteiger partial charge in [0.05, 0.1) is 21.4 Å². The van der Waals surface area contributed by atoms with E-state index in [1.54, 1.807) is 18.2 Å². The molecule has 4 rings (SSSR count). The van der Waals surface area contributed by atoms with Crippen LogP contribution < -0.4 is 5.01 Å². The summed E-state index contributed by atoms with van der Waals surface area (Å²) in [6.45, 7) is 0. The molecule has 1 unspecified atom stereocenters. The van der Waals surface area contributed by atoms with Crippen molar-refractivity contribution in [3.63, 3.8) is 0 Å². The van der Waals surface area contributed by atoms with Crippen molar-refractivity contribution < 1.29 is 4.79 Å². The SMILES string of the molecule is O=C1CC2CCSc3ccccc3C2=NN1c1ccc(Cl)c(Cl)c1. The first-order valence-corrected chi connectivity index (χ1v) is 9.46. The molecule has 1 amide bonds. The fourth-order valence-electron chi connectivity index (χ4n) is 3.09. The number of nitrogens with zero attached hydrogens (tertiary/aromatic N) is 2. The summed E-state index contributed by atoms with van der Waals surface area (Å²) in [6.07, 6.45) is 1.42. The fourth-order valence-corrected chi connectivity index (χ4v) is 4.50. The maximum absolute atomic E-state index is 12.6. The van der Waals surface area contributed by atoms with Crippen LogP contribution in [-0.4, -0.2) is 17.4 Å². The molecule has 2 heterocycles. The van der Waals surface area contributed by atoms with Crippen molar-refractivity contribution in [2.24, 2.45) is 11.0 Å². The van der Waals surface area contributed by atoms with Crippen LogP contribution >= 0.6 is 35.0 Å². The molecule has 0 saturated carbocycles. The Labute approximate surface area is 154 Å². The zero-order valence-corrected chi connectivity index (χ0v) is 15.0. The average Bonchev–Trinajstić information content (AvgIpc) is 2.75. The number of carbonyl (C=O) groups is 1. The zero-order chi connectivity index (χ0) is 16.7. The van der Waals surface area contributed by atoms with Crippen LogP contribution in [0.5, 0.6) is 0 Å². The molecule has 0 saturated heterocycles. The summed E-state index contributed by atoms with van der Waals surface area (Å²) in [6, 6.07) is 13.4. The van der Waals surface area contributed by atoms with Gasteiger partial charge in [0.15, 0.2) is 0 Å². The van der Waals surface area contributed by atoms with Gasteiger partial charge in [-0.1, -0.05) is 41.4 Å². The van der Waals surface area contributed by atoms with Crippen LogP contribution in [0.1, 0.15) is 18.4 Å². The molecule has 2 aliphatic rings. The summed E-state index contributed by atoms with van der Waals surface area (Å²) in [7, 11) is 0. The number of hydrogen-bond acceptors (Lipinski definition) is 3. The topological polar surface area (TPSA) is 32.7 Å². The van der Waals surface area contributed by atoms with Crippen molar-refractivity contribution in [3.8, 4) is 0 Å². The highest BCUT2D eigenvalue weighted by Gasteiger charge is 2.33. The first kappa shape index (κ1) is 16.0.